The second kappa shape index (κ2) is 1.26. The van der Waals surface area contributed by atoms with Crippen LogP contribution in [-0.2, 0) is 4.84 Å². The molecule has 6 heavy (non-hydrogen) atoms. The number of hydrogen-bond acceptors (Lipinski definition) is 3. The highest BCUT2D eigenvalue weighted by Gasteiger charge is 2.01. The molecule has 0 atom stereocenters. The van der Waals surface area contributed by atoms with Crippen LogP contribution in [-0.4, -0.2) is 6.40 Å². The number of nitrogens with one attached hydrogen (secondary N) is 1. The molecular formula is C3H5N2O. The minimum absolute atomic E-state index is 0.801. The molecule has 1 aliphatic rings. The zero-order chi connectivity index (χ0) is 4.41. The van der Waals surface area contributed by atoms with E-state index in [9.17, 15) is 0 Å². The van der Waals surface area contributed by atoms with Gasteiger partial charge >= 0.3 is 0 Å². The van der Waals surface area contributed by atoms with Crippen LogP contribution in [0.25, 0.3) is 0 Å². The lowest BCUT2D eigenvalue weighted by atomic mass is 10.6. The van der Waals surface area contributed by atoms with E-state index in [1.165, 1.54) is 6.40 Å². The summed E-state index contributed by atoms with van der Waals surface area (Å²) in [5.41, 5.74) is 2.51. The fourth-order valence-corrected chi connectivity index (χ4v) is 0.243. The number of aliphatic imine (C=N–C) groups is 1. The van der Waals surface area contributed by atoms with Crippen LogP contribution in [0.4, 0.5) is 0 Å². The number of rotatable bonds is 0. The Bertz CT molecular complexity index is 71.2. The van der Waals surface area contributed by atoms with E-state index in [4.69, 9.17) is 0 Å². The second-order valence-corrected chi connectivity index (χ2v) is 1.04. The third-order valence-corrected chi connectivity index (χ3v) is 0.506. The molecule has 33 valence electrons. The Kier molecular flexibility index (Phi) is 0.759. The molecule has 1 heterocycles. The molecule has 0 amide bonds. The zero-order valence-corrected chi connectivity index (χ0v) is 3.43. The fourth-order valence-electron chi connectivity index (χ4n) is 0.243. The fraction of sp³-hybridized carbons (Fsp3) is 0.333. The molecule has 0 aromatic heterocycles. The summed E-state index contributed by atoms with van der Waals surface area (Å²) in [4.78, 5) is 8.17. The van der Waals surface area contributed by atoms with E-state index >= 15 is 0 Å². The third kappa shape index (κ3) is 0.490. The average Bonchev–Trinajstić information content (AvgIpc) is 1.86. The summed E-state index contributed by atoms with van der Waals surface area (Å²) in [5, 5.41) is 0. The van der Waals surface area contributed by atoms with Crippen molar-refractivity contribution in [1.82, 2.24) is 5.48 Å². The Morgan fingerprint density at radius 2 is 2.83 bits per heavy atom. The van der Waals surface area contributed by atoms with Crippen molar-refractivity contribution in [2.45, 2.75) is 6.92 Å². The van der Waals surface area contributed by atoms with E-state index in [0.717, 1.165) is 6.17 Å². The Labute approximate surface area is 36.0 Å². The molecule has 0 spiro atoms. The van der Waals surface area contributed by atoms with Crippen LogP contribution in [0.5, 0.6) is 0 Å². The molecule has 0 fully saturated rings. The minimum Gasteiger partial charge on any atom is -0.394 e. The van der Waals surface area contributed by atoms with Gasteiger partial charge in [-0.2, -0.15) is 0 Å². The molecule has 0 aliphatic carbocycles. The topological polar surface area (TPSA) is 33.6 Å². The molecule has 1 rings (SSSR count). The monoisotopic (exact) mass is 85.0 g/mol. The molecule has 3 nitrogen and oxygen atoms in total. The molecule has 0 unspecified atom stereocenters. The highest BCUT2D eigenvalue weighted by molar-refractivity contribution is 5.49. The van der Waals surface area contributed by atoms with Crippen LogP contribution < -0.4 is 5.48 Å². The molecule has 0 aromatic rings. The van der Waals surface area contributed by atoms with Gasteiger partial charge < -0.3 is 4.84 Å². The maximum Gasteiger partial charge on any atom is 0.198 e. The van der Waals surface area contributed by atoms with Crippen LogP contribution >= 0.6 is 0 Å². The van der Waals surface area contributed by atoms with Gasteiger partial charge in [-0.1, -0.05) is 0 Å². The van der Waals surface area contributed by atoms with Gasteiger partial charge in [-0.3, -0.25) is 0 Å². The first kappa shape index (κ1) is 3.61. The summed E-state index contributed by atoms with van der Waals surface area (Å²) in [6, 6.07) is 0. The lowest BCUT2D eigenvalue weighted by Crippen LogP contribution is -2.07. The molecule has 1 aliphatic heterocycles. The molecule has 0 bridgehead atoms. The molecule has 3 heteroatoms. The van der Waals surface area contributed by atoms with Crippen LogP contribution in [0.15, 0.2) is 4.99 Å². The summed E-state index contributed by atoms with van der Waals surface area (Å²) in [5.74, 6) is 0. The lowest BCUT2D eigenvalue weighted by Gasteiger charge is -1.90. The van der Waals surface area contributed by atoms with Gasteiger partial charge in [0.15, 0.2) is 12.6 Å². The van der Waals surface area contributed by atoms with Crippen molar-refractivity contribution < 1.29 is 4.84 Å². The van der Waals surface area contributed by atoms with Gasteiger partial charge in [-0.25, -0.2) is 4.99 Å². The highest BCUT2D eigenvalue weighted by atomic mass is 16.7. The van der Waals surface area contributed by atoms with E-state index in [-0.39, 0.29) is 0 Å². The highest BCUT2D eigenvalue weighted by Crippen LogP contribution is 1.96. The third-order valence-electron chi connectivity index (χ3n) is 0.506. The molecule has 1 radical (unpaired) electrons. The molecule has 0 saturated heterocycles. The quantitative estimate of drug-likeness (QED) is 0.451. The second-order valence-electron chi connectivity index (χ2n) is 1.04. The standard InChI is InChI=1S/C3H5N2O/c1-3-4-2-6-5-3/h2,5H,1H3. The maximum absolute atomic E-state index is 4.48. The minimum atomic E-state index is 0.801. The first-order chi connectivity index (χ1) is 2.89. The van der Waals surface area contributed by atoms with Gasteiger partial charge in [-0.05, 0) is 6.92 Å². The van der Waals surface area contributed by atoms with Gasteiger partial charge in [-0.15, -0.1) is 5.48 Å². The maximum atomic E-state index is 4.48. The van der Waals surface area contributed by atoms with Crippen molar-refractivity contribution in [3.63, 3.8) is 0 Å². The summed E-state index contributed by atoms with van der Waals surface area (Å²) in [7, 11) is 0. The van der Waals surface area contributed by atoms with E-state index in [2.05, 4.69) is 15.3 Å². The molecule has 1 N–H and O–H groups in total. The van der Waals surface area contributed by atoms with Crippen LogP contribution in [0.2, 0.25) is 0 Å². The van der Waals surface area contributed by atoms with E-state index < -0.39 is 0 Å². The van der Waals surface area contributed by atoms with E-state index in [1.807, 2.05) is 6.92 Å². The normalized spacial score (nSPS) is 21.5. The van der Waals surface area contributed by atoms with Gasteiger partial charge in [0.05, 0.1) is 0 Å². The molecular weight excluding hydrogens is 80.0 g/mol. The number of hydroxylamine groups is 1. The van der Waals surface area contributed by atoms with Gasteiger partial charge in [0.2, 0.25) is 0 Å². The summed E-state index contributed by atoms with van der Waals surface area (Å²) in [6.45, 7) is 1.82. The van der Waals surface area contributed by atoms with E-state index in [0.29, 0.717) is 0 Å². The van der Waals surface area contributed by atoms with Crippen LogP contribution in [0.3, 0.4) is 0 Å². The smallest absolute Gasteiger partial charge is 0.198 e. The first-order valence-corrected chi connectivity index (χ1v) is 1.67. The first-order valence-electron chi connectivity index (χ1n) is 1.67. The Hall–Kier alpha value is -0.570. The van der Waals surface area contributed by atoms with Crippen molar-refractivity contribution in [3.8, 4) is 0 Å². The van der Waals surface area contributed by atoms with Crippen LogP contribution in [0.1, 0.15) is 6.92 Å². The summed E-state index contributed by atoms with van der Waals surface area (Å²) in [6.07, 6.45) is 2.16. The molecule has 0 saturated carbocycles. The van der Waals surface area contributed by atoms with Crippen molar-refractivity contribution in [3.05, 3.63) is 6.17 Å². The Morgan fingerprint density at radius 1 is 2.00 bits per heavy atom. The van der Waals surface area contributed by atoms with Crippen LogP contribution in [0, 0.1) is 6.17 Å². The van der Waals surface area contributed by atoms with Gasteiger partial charge in [0, 0.05) is 0 Å². The zero-order valence-electron chi connectivity index (χ0n) is 3.43. The van der Waals surface area contributed by atoms with Crippen molar-refractivity contribution in [1.29, 1.82) is 0 Å². The average molecular weight is 85.1 g/mol. The largest absolute Gasteiger partial charge is 0.394 e. The van der Waals surface area contributed by atoms with Gasteiger partial charge in [0.25, 0.3) is 0 Å². The summed E-state index contributed by atoms with van der Waals surface area (Å²) >= 11 is 0. The number of hydrogen-bond donors (Lipinski definition) is 1. The lowest BCUT2D eigenvalue weighted by molar-refractivity contribution is 0.228. The summed E-state index contributed by atoms with van der Waals surface area (Å²) < 4.78 is 0. The Balaban J connectivity index is 2.38. The predicted octanol–water partition coefficient (Wildman–Crippen LogP) is 0.0589. The molecule has 0 aromatic carbocycles. The van der Waals surface area contributed by atoms with Gasteiger partial charge in [0.1, 0.15) is 0 Å². The van der Waals surface area contributed by atoms with Crippen molar-refractivity contribution in [2.75, 3.05) is 0 Å². The predicted molar refractivity (Wildman–Crippen MR) is 21.6 cm³/mol. The number of nitrogens with zero attached hydrogens (tertiary/aromatic N) is 1. The van der Waals surface area contributed by atoms with Crippen molar-refractivity contribution in [2.24, 2.45) is 4.99 Å². The van der Waals surface area contributed by atoms with Crippen molar-refractivity contribution >= 4 is 6.40 Å². The SMILES string of the molecule is C[C]1N=CON1. The van der Waals surface area contributed by atoms with E-state index in [1.54, 1.807) is 0 Å². The Morgan fingerprint density at radius 3 is 3.00 bits per heavy atom.